The number of aryl methyl sites for hydroxylation is 1. The normalized spacial score (nSPS) is 10.4. The van der Waals surface area contributed by atoms with Gasteiger partial charge in [-0.05, 0) is 31.5 Å². The molecule has 0 radical (unpaired) electrons. The van der Waals surface area contributed by atoms with Crippen LogP contribution in [0.3, 0.4) is 0 Å². The minimum Gasteiger partial charge on any atom is -0.481 e. The van der Waals surface area contributed by atoms with Gasteiger partial charge in [-0.3, -0.25) is 4.79 Å². The summed E-state index contributed by atoms with van der Waals surface area (Å²) in [5.41, 5.74) is 2.99. The highest BCUT2D eigenvalue weighted by Gasteiger charge is 2.16. The number of rotatable bonds is 5. The highest BCUT2D eigenvalue weighted by molar-refractivity contribution is 6.14. The van der Waals surface area contributed by atoms with Crippen LogP contribution in [0.15, 0.2) is 48.5 Å². The Hall–Kier alpha value is -3.61. The lowest BCUT2D eigenvalue weighted by molar-refractivity contribution is 0.102. The average Bonchev–Trinajstić information content (AvgIpc) is 2.69. The van der Waals surface area contributed by atoms with Crippen LogP contribution in [0.1, 0.15) is 22.8 Å². The standard InChI is InChI=1S/C21H22N4O3/c1-4-22-21(27)25-19-13(2)8-7-11-17(19)24-20(26)15-12-18(28-3)23-16-10-6-5-9-14(15)16/h5-12H,4H2,1-3H3,(H,24,26)(H2,22,25,27). The maximum atomic E-state index is 13.0. The first-order valence-electron chi connectivity index (χ1n) is 8.93. The van der Waals surface area contributed by atoms with Gasteiger partial charge in [0.1, 0.15) is 0 Å². The average molecular weight is 378 g/mol. The number of hydrogen-bond acceptors (Lipinski definition) is 4. The summed E-state index contributed by atoms with van der Waals surface area (Å²) in [6.45, 7) is 4.20. The lowest BCUT2D eigenvalue weighted by Gasteiger charge is -2.16. The van der Waals surface area contributed by atoms with Gasteiger partial charge in [0.25, 0.3) is 5.91 Å². The molecule has 144 valence electrons. The Morgan fingerprint density at radius 1 is 1.07 bits per heavy atom. The number of amides is 3. The number of fused-ring (bicyclic) bond motifs is 1. The number of para-hydroxylation sites is 2. The summed E-state index contributed by atoms with van der Waals surface area (Å²) in [4.78, 5) is 29.4. The van der Waals surface area contributed by atoms with Gasteiger partial charge in [0.2, 0.25) is 5.88 Å². The predicted molar refractivity (Wildman–Crippen MR) is 110 cm³/mol. The monoisotopic (exact) mass is 378 g/mol. The lowest BCUT2D eigenvalue weighted by atomic mass is 10.1. The number of hydrogen-bond donors (Lipinski definition) is 3. The molecule has 0 saturated carbocycles. The van der Waals surface area contributed by atoms with Crippen molar-refractivity contribution in [1.29, 1.82) is 0 Å². The molecule has 3 amide bonds. The molecule has 0 unspecified atom stereocenters. The number of pyridine rings is 1. The highest BCUT2D eigenvalue weighted by Crippen LogP contribution is 2.28. The van der Waals surface area contributed by atoms with Crippen molar-refractivity contribution in [2.24, 2.45) is 0 Å². The zero-order valence-corrected chi connectivity index (χ0v) is 16.0. The first kappa shape index (κ1) is 19.2. The van der Waals surface area contributed by atoms with Crippen molar-refractivity contribution in [3.63, 3.8) is 0 Å². The fourth-order valence-electron chi connectivity index (χ4n) is 2.89. The Morgan fingerprint density at radius 2 is 1.86 bits per heavy atom. The zero-order chi connectivity index (χ0) is 20.1. The van der Waals surface area contributed by atoms with E-state index in [1.165, 1.54) is 7.11 Å². The molecule has 7 nitrogen and oxygen atoms in total. The van der Waals surface area contributed by atoms with E-state index >= 15 is 0 Å². The molecule has 2 aromatic carbocycles. The summed E-state index contributed by atoms with van der Waals surface area (Å²) in [5.74, 6) is 0.0372. The van der Waals surface area contributed by atoms with E-state index in [9.17, 15) is 9.59 Å². The summed E-state index contributed by atoms with van der Waals surface area (Å²) in [5, 5.41) is 9.09. The van der Waals surface area contributed by atoms with Gasteiger partial charge in [-0.15, -0.1) is 0 Å². The largest absolute Gasteiger partial charge is 0.481 e. The Kier molecular flexibility index (Phi) is 5.74. The van der Waals surface area contributed by atoms with Gasteiger partial charge in [0.15, 0.2) is 0 Å². The number of urea groups is 1. The molecule has 28 heavy (non-hydrogen) atoms. The van der Waals surface area contributed by atoms with E-state index in [1.807, 2.05) is 50.2 Å². The molecule has 0 atom stereocenters. The third-order valence-electron chi connectivity index (χ3n) is 4.24. The Labute approximate surface area is 163 Å². The fourth-order valence-corrected chi connectivity index (χ4v) is 2.89. The number of methoxy groups -OCH3 is 1. The van der Waals surface area contributed by atoms with Gasteiger partial charge in [0, 0.05) is 18.0 Å². The van der Waals surface area contributed by atoms with E-state index in [2.05, 4.69) is 20.9 Å². The molecule has 0 bridgehead atoms. The fraction of sp³-hybridized carbons (Fsp3) is 0.190. The molecule has 0 fully saturated rings. The topological polar surface area (TPSA) is 92.4 Å². The van der Waals surface area contributed by atoms with Gasteiger partial charge in [-0.25, -0.2) is 9.78 Å². The van der Waals surface area contributed by atoms with E-state index in [1.54, 1.807) is 12.1 Å². The van der Waals surface area contributed by atoms with Crippen molar-refractivity contribution in [1.82, 2.24) is 10.3 Å². The quantitative estimate of drug-likeness (QED) is 0.627. The zero-order valence-electron chi connectivity index (χ0n) is 16.0. The predicted octanol–water partition coefficient (Wildman–Crippen LogP) is 3.95. The number of ether oxygens (including phenoxy) is 1. The van der Waals surface area contributed by atoms with Crippen LogP contribution >= 0.6 is 0 Å². The third kappa shape index (κ3) is 4.03. The first-order chi connectivity index (χ1) is 13.5. The molecular formula is C21H22N4O3. The molecule has 0 aliphatic rings. The van der Waals surface area contributed by atoms with E-state index in [4.69, 9.17) is 4.74 Å². The molecule has 0 aliphatic carbocycles. The second kappa shape index (κ2) is 8.39. The number of nitrogens with one attached hydrogen (secondary N) is 3. The highest BCUT2D eigenvalue weighted by atomic mass is 16.5. The van der Waals surface area contributed by atoms with Crippen LogP contribution in [0.25, 0.3) is 10.9 Å². The Bertz CT molecular complexity index is 1030. The van der Waals surface area contributed by atoms with E-state index < -0.39 is 0 Å². The SMILES string of the molecule is CCNC(=O)Nc1c(C)cccc1NC(=O)c1cc(OC)nc2ccccc12. The molecule has 1 aromatic heterocycles. The molecule has 0 saturated heterocycles. The molecule has 7 heteroatoms. The van der Waals surface area contributed by atoms with Crippen LogP contribution in [0, 0.1) is 6.92 Å². The second-order valence-electron chi connectivity index (χ2n) is 6.17. The smallest absolute Gasteiger partial charge is 0.319 e. The Balaban J connectivity index is 1.97. The lowest BCUT2D eigenvalue weighted by Crippen LogP contribution is -2.29. The van der Waals surface area contributed by atoms with E-state index in [0.717, 1.165) is 5.56 Å². The minimum atomic E-state index is -0.330. The van der Waals surface area contributed by atoms with Crippen molar-refractivity contribution >= 4 is 34.2 Å². The number of anilines is 2. The maximum Gasteiger partial charge on any atom is 0.319 e. The number of carbonyl (C=O) groups excluding carboxylic acids is 2. The summed E-state index contributed by atoms with van der Waals surface area (Å²) in [7, 11) is 1.51. The molecule has 0 spiro atoms. The summed E-state index contributed by atoms with van der Waals surface area (Å²) >= 11 is 0. The number of benzene rings is 2. The van der Waals surface area contributed by atoms with Gasteiger partial charge in [0.05, 0.1) is 29.6 Å². The van der Waals surface area contributed by atoms with Crippen LogP contribution in [0.5, 0.6) is 5.88 Å². The number of aromatic nitrogens is 1. The third-order valence-corrected chi connectivity index (χ3v) is 4.24. The van der Waals surface area contributed by atoms with Crippen molar-refractivity contribution < 1.29 is 14.3 Å². The van der Waals surface area contributed by atoms with Crippen molar-refractivity contribution in [2.75, 3.05) is 24.3 Å². The van der Waals surface area contributed by atoms with Crippen LogP contribution in [0.4, 0.5) is 16.2 Å². The van der Waals surface area contributed by atoms with Gasteiger partial charge >= 0.3 is 6.03 Å². The second-order valence-corrected chi connectivity index (χ2v) is 6.17. The van der Waals surface area contributed by atoms with Crippen molar-refractivity contribution in [2.45, 2.75) is 13.8 Å². The summed E-state index contributed by atoms with van der Waals surface area (Å²) in [6.07, 6.45) is 0. The maximum absolute atomic E-state index is 13.0. The molecule has 3 rings (SSSR count). The van der Waals surface area contributed by atoms with E-state index in [0.29, 0.717) is 40.3 Å². The first-order valence-corrected chi connectivity index (χ1v) is 8.93. The van der Waals surface area contributed by atoms with Crippen molar-refractivity contribution in [3.8, 4) is 5.88 Å². The van der Waals surface area contributed by atoms with E-state index in [-0.39, 0.29) is 11.9 Å². The van der Waals surface area contributed by atoms with Crippen molar-refractivity contribution in [3.05, 3.63) is 59.7 Å². The molecule has 0 aliphatic heterocycles. The van der Waals surface area contributed by atoms with Gasteiger partial charge < -0.3 is 20.7 Å². The Morgan fingerprint density at radius 3 is 2.61 bits per heavy atom. The molecule has 3 N–H and O–H groups in total. The number of nitrogens with zero attached hydrogens (tertiary/aromatic N) is 1. The molecular weight excluding hydrogens is 356 g/mol. The van der Waals surface area contributed by atoms with Crippen LogP contribution in [-0.2, 0) is 0 Å². The number of carbonyl (C=O) groups is 2. The van der Waals surface area contributed by atoms with Gasteiger partial charge in [-0.2, -0.15) is 0 Å². The van der Waals surface area contributed by atoms with Gasteiger partial charge in [-0.1, -0.05) is 30.3 Å². The molecule has 3 aromatic rings. The van der Waals surface area contributed by atoms with Crippen LogP contribution in [-0.4, -0.2) is 30.6 Å². The van der Waals surface area contributed by atoms with Crippen LogP contribution < -0.4 is 20.7 Å². The summed E-state index contributed by atoms with van der Waals surface area (Å²) in [6, 6.07) is 14.1. The molecule has 1 heterocycles. The van der Waals surface area contributed by atoms with Crippen LogP contribution in [0.2, 0.25) is 0 Å². The summed E-state index contributed by atoms with van der Waals surface area (Å²) < 4.78 is 5.23. The minimum absolute atomic E-state index is 0.318.